The van der Waals surface area contributed by atoms with Crippen molar-refractivity contribution in [2.75, 3.05) is 26.2 Å². The van der Waals surface area contributed by atoms with E-state index in [0.29, 0.717) is 30.2 Å². The van der Waals surface area contributed by atoms with Crippen LogP contribution in [-0.4, -0.2) is 53.5 Å². The molecular formula is C16H20ClN3O2. The third kappa shape index (κ3) is 2.59. The van der Waals surface area contributed by atoms with Gasteiger partial charge in [0.1, 0.15) is 0 Å². The van der Waals surface area contributed by atoms with Crippen LogP contribution in [0.25, 0.3) is 0 Å². The lowest BCUT2D eigenvalue weighted by atomic mass is 9.95. The highest BCUT2D eigenvalue weighted by atomic mass is 35.5. The SMILES string of the molecule is CCN1CC(=O)NC12CCN(C(=O)c1ccccc1Cl)CC2. The summed E-state index contributed by atoms with van der Waals surface area (Å²) in [6.45, 7) is 4.59. The molecule has 0 saturated carbocycles. The molecular weight excluding hydrogens is 302 g/mol. The lowest BCUT2D eigenvalue weighted by Gasteiger charge is -2.44. The van der Waals surface area contributed by atoms with Crippen LogP contribution >= 0.6 is 11.6 Å². The van der Waals surface area contributed by atoms with Crippen molar-refractivity contribution in [3.63, 3.8) is 0 Å². The Morgan fingerprint density at radius 1 is 1.32 bits per heavy atom. The molecule has 0 aromatic heterocycles. The molecule has 2 aliphatic heterocycles. The van der Waals surface area contributed by atoms with Crippen molar-refractivity contribution in [3.05, 3.63) is 34.9 Å². The van der Waals surface area contributed by atoms with Gasteiger partial charge in [-0.1, -0.05) is 30.7 Å². The zero-order valence-electron chi connectivity index (χ0n) is 12.6. The van der Waals surface area contributed by atoms with Crippen LogP contribution in [0.3, 0.4) is 0 Å². The summed E-state index contributed by atoms with van der Waals surface area (Å²) in [4.78, 5) is 28.3. The lowest BCUT2D eigenvalue weighted by Crippen LogP contribution is -2.59. The van der Waals surface area contributed by atoms with E-state index in [-0.39, 0.29) is 17.5 Å². The fourth-order valence-electron chi connectivity index (χ4n) is 3.44. The first-order chi connectivity index (χ1) is 10.6. The molecule has 2 aliphatic rings. The third-order valence-corrected chi connectivity index (χ3v) is 5.01. The highest BCUT2D eigenvalue weighted by molar-refractivity contribution is 6.33. The number of nitrogens with zero attached hydrogens (tertiary/aromatic N) is 2. The topological polar surface area (TPSA) is 52.7 Å². The van der Waals surface area contributed by atoms with Gasteiger partial charge in [-0.15, -0.1) is 0 Å². The van der Waals surface area contributed by atoms with Crippen LogP contribution in [0.2, 0.25) is 5.02 Å². The fourth-order valence-corrected chi connectivity index (χ4v) is 3.66. The molecule has 118 valence electrons. The molecule has 22 heavy (non-hydrogen) atoms. The van der Waals surface area contributed by atoms with Gasteiger partial charge in [-0.2, -0.15) is 0 Å². The zero-order chi connectivity index (χ0) is 15.7. The van der Waals surface area contributed by atoms with Gasteiger partial charge in [-0.25, -0.2) is 0 Å². The summed E-state index contributed by atoms with van der Waals surface area (Å²) in [5, 5.41) is 3.59. The minimum Gasteiger partial charge on any atom is -0.338 e. The predicted molar refractivity (Wildman–Crippen MR) is 84.7 cm³/mol. The van der Waals surface area contributed by atoms with Crippen molar-refractivity contribution in [1.29, 1.82) is 0 Å². The Morgan fingerprint density at radius 2 is 2.00 bits per heavy atom. The van der Waals surface area contributed by atoms with Crippen LogP contribution in [-0.2, 0) is 4.79 Å². The van der Waals surface area contributed by atoms with E-state index >= 15 is 0 Å². The Balaban J connectivity index is 1.71. The first kappa shape index (κ1) is 15.3. The average molecular weight is 322 g/mol. The molecule has 0 aliphatic carbocycles. The molecule has 6 heteroatoms. The molecule has 2 fully saturated rings. The monoisotopic (exact) mass is 321 g/mol. The van der Waals surface area contributed by atoms with Crippen molar-refractivity contribution in [1.82, 2.24) is 15.1 Å². The first-order valence-corrected chi connectivity index (χ1v) is 8.03. The van der Waals surface area contributed by atoms with Crippen molar-refractivity contribution in [2.24, 2.45) is 0 Å². The Kier molecular flexibility index (Phi) is 4.10. The standard InChI is InChI=1S/C16H20ClN3O2/c1-2-20-11-14(21)18-16(20)7-9-19(10-8-16)15(22)12-5-3-4-6-13(12)17/h3-6H,2,7-11H2,1H3,(H,18,21). The fraction of sp³-hybridized carbons (Fsp3) is 0.500. The maximum absolute atomic E-state index is 12.6. The normalized spacial score (nSPS) is 21.2. The van der Waals surface area contributed by atoms with Gasteiger partial charge in [0.05, 0.1) is 22.8 Å². The quantitative estimate of drug-likeness (QED) is 0.902. The zero-order valence-corrected chi connectivity index (χ0v) is 13.4. The maximum Gasteiger partial charge on any atom is 0.255 e. The predicted octanol–water partition coefficient (Wildman–Crippen LogP) is 1.72. The molecule has 0 atom stereocenters. The minimum absolute atomic E-state index is 0.0344. The molecule has 1 aromatic carbocycles. The lowest BCUT2D eigenvalue weighted by molar-refractivity contribution is -0.119. The van der Waals surface area contributed by atoms with Gasteiger partial charge >= 0.3 is 0 Å². The second-order valence-corrected chi connectivity index (χ2v) is 6.27. The summed E-state index contributed by atoms with van der Waals surface area (Å²) in [6, 6.07) is 7.12. The van der Waals surface area contributed by atoms with Gasteiger partial charge in [0.15, 0.2) is 0 Å². The summed E-state index contributed by atoms with van der Waals surface area (Å²) < 4.78 is 0. The molecule has 0 unspecified atom stereocenters. The maximum atomic E-state index is 12.6. The van der Waals surface area contributed by atoms with E-state index in [1.165, 1.54) is 0 Å². The molecule has 2 heterocycles. The summed E-state index contributed by atoms with van der Waals surface area (Å²) in [6.07, 6.45) is 1.51. The number of amides is 2. The number of likely N-dealkylation sites (N-methyl/N-ethyl adjacent to an activating group) is 1. The molecule has 2 amide bonds. The summed E-state index contributed by atoms with van der Waals surface area (Å²) >= 11 is 6.11. The third-order valence-electron chi connectivity index (χ3n) is 4.68. The molecule has 3 rings (SSSR count). The smallest absolute Gasteiger partial charge is 0.255 e. The number of piperidine rings is 1. The highest BCUT2D eigenvalue weighted by Crippen LogP contribution is 2.30. The molecule has 1 aromatic rings. The summed E-state index contributed by atoms with van der Waals surface area (Å²) in [7, 11) is 0. The van der Waals surface area contributed by atoms with E-state index in [4.69, 9.17) is 11.6 Å². The van der Waals surface area contributed by atoms with Crippen LogP contribution in [0.15, 0.2) is 24.3 Å². The second kappa shape index (κ2) is 5.89. The molecule has 5 nitrogen and oxygen atoms in total. The summed E-state index contributed by atoms with van der Waals surface area (Å²) in [5.41, 5.74) is 0.270. The van der Waals surface area contributed by atoms with Crippen LogP contribution < -0.4 is 5.32 Å². The largest absolute Gasteiger partial charge is 0.338 e. The minimum atomic E-state index is -0.275. The number of hydrogen-bond acceptors (Lipinski definition) is 3. The van der Waals surface area contributed by atoms with Gasteiger partial charge in [0, 0.05) is 25.9 Å². The van der Waals surface area contributed by atoms with Crippen molar-refractivity contribution in [3.8, 4) is 0 Å². The van der Waals surface area contributed by atoms with Crippen LogP contribution in [0.5, 0.6) is 0 Å². The van der Waals surface area contributed by atoms with E-state index in [9.17, 15) is 9.59 Å². The number of benzene rings is 1. The molecule has 0 bridgehead atoms. The number of likely N-dealkylation sites (tertiary alicyclic amines) is 1. The number of halogens is 1. The first-order valence-electron chi connectivity index (χ1n) is 7.65. The van der Waals surface area contributed by atoms with Crippen molar-refractivity contribution >= 4 is 23.4 Å². The van der Waals surface area contributed by atoms with Gasteiger partial charge < -0.3 is 10.2 Å². The van der Waals surface area contributed by atoms with E-state index in [0.717, 1.165) is 19.4 Å². The summed E-state index contributed by atoms with van der Waals surface area (Å²) in [5.74, 6) is 0.0422. The van der Waals surface area contributed by atoms with E-state index in [1.807, 2.05) is 17.0 Å². The van der Waals surface area contributed by atoms with Crippen LogP contribution in [0.4, 0.5) is 0 Å². The van der Waals surface area contributed by atoms with E-state index < -0.39 is 0 Å². The van der Waals surface area contributed by atoms with Gasteiger partial charge in [0.2, 0.25) is 5.91 Å². The number of nitrogens with one attached hydrogen (secondary N) is 1. The average Bonchev–Trinajstić information content (AvgIpc) is 2.83. The Bertz CT molecular complexity index is 597. The van der Waals surface area contributed by atoms with E-state index in [2.05, 4.69) is 17.1 Å². The van der Waals surface area contributed by atoms with Gasteiger partial charge in [-0.3, -0.25) is 14.5 Å². The Hall–Kier alpha value is -1.59. The number of hydrogen-bond donors (Lipinski definition) is 1. The Morgan fingerprint density at radius 3 is 2.64 bits per heavy atom. The van der Waals surface area contributed by atoms with E-state index in [1.54, 1.807) is 12.1 Å². The molecule has 1 N–H and O–H groups in total. The number of carbonyl (C=O) groups excluding carboxylic acids is 2. The second-order valence-electron chi connectivity index (χ2n) is 5.87. The molecule has 0 radical (unpaired) electrons. The molecule has 2 saturated heterocycles. The highest BCUT2D eigenvalue weighted by Gasteiger charge is 2.46. The van der Waals surface area contributed by atoms with Crippen LogP contribution in [0.1, 0.15) is 30.1 Å². The van der Waals surface area contributed by atoms with Gasteiger partial charge in [0.25, 0.3) is 5.91 Å². The molecule has 1 spiro atoms. The van der Waals surface area contributed by atoms with Crippen LogP contribution in [0, 0.1) is 0 Å². The Labute approximate surface area is 135 Å². The number of rotatable bonds is 2. The van der Waals surface area contributed by atoms with Crippen molar-refractivity contribution < 1.29 is 9.59 Å². The van der Waals surface area contributed by atoms with Gasteiger partial charge in [-0.05, 0) is 18.7 Å². The number of carbonyl (C=O) groups is 2. The van der Waals surface area contributed by atoms with Crippen molar-refractivity contribution in [2.45, 2.75) is 25.4 Å².